The number of morpholine rings is 1. The van der Waals surface area contributed by atoms with Gasteiger partial charge in [0.1, 0.15) is 0 Å². The highest BCUT2D eigenvalue weighted by Gasteiger charge is 2.54. The number of ether oxygens (including phenoxy) is 2. The normalized spacial score (nSPS) is 30.4. The summed E-state index contributed by atoms with van der Waals surface area (Å²) in [6, 6.07) is 3.97. The number of hydrogen-bond donors (Lipinski definition) is 0. The van der Waals surface area contributed by atoms with Crippen molar-refractivity contribution in [1.82, 2.24) is 14.8 Å². The third-order valence-electron chi connectivity index (χ3n) is 6.94. The summed E-state index contributed by atoms with van der Waals surface area (Å²) in [7, 11) is 0. The minimum Gasteiger partial charge on any atom is -0.466 e. The first-order valence-corrected chi connectivity index (χ1v) is 10.8. The van der Waals surface area contributed by atoms with Gasteiger partial charge in [-0.1, -0.05) is 0 Å². The Bertz CT molecular complexity index is 722. The number of esters is 1. The predicted octanol–water partition coefficient (Wildman–Crippen LogP) is 1.98. The van der Waals surface area contributed by atoms with Gasteiger partial charge in [0.25, 0.3) is 5.91 Å². The zero-order valence-electron chi connectivity index (χ0n) is 17.2. The Morgan fingerprint density at radius 3 is 2.69 bits per heavy atom. The summed E-state index contributed by atoms with van der Waals surface area (Å²) in [5.41, 5.74) is 0.0409. The number of fused-ring (bicyclic) bond motifs is 1. The van der Waals surface area contributed by atoms with Crippen molar-refractivity contribution in [2.45, 2.75) is 38.6 Å². The van der Waals surface area contributed by atoms with Crippen molar-refractivity contribution in [3.8, 4) is 0 Å². The van der Waals surface area contributed by atoms with Crippen LogP contribution in [0.5, 0.6) is 0 Å². The van der Waals surface area contributed by atoms with Gasteiger partial charge in [0.15, 0.2) is 0 Å². The maximum Gasteiger partial charge on any atom is 0.314 e. The highest BCUT2D eigenvalue weighted by atomic mass is 16.5. The van der Waals surface area contributed by atoms with Gasteiger partial charge < -0.3 is 14.4 Å². The number of aromatic nitrogens is 1. The van der Waals surface area contributed by atoms with Crippen LogP contribution < -0.4 is 0 Å². The Morgan fingerprint density at radius 2 is 1.97 bits per heavy atom. The minimum atomic E-state index is -0.584. The SMILES string of the molecule is CCOC(=O)[C@@]12CC[C@@H](N3CCOCC3)C[C@H]1CCN(C(=O)c1ccncc1)C2. The van der Waals surface area contributed by atoms with Crippen LogP contribution in [-0.2, 0) is 14.3 Å². The van der Waals surface area contributed by atoms with E-state index >= 15 is 0 Å². The second-order valence-electron chi connectivity index (χ2n) is 8.40. The largest absolute Gasteiger partial charge is 0.466 e. The van der Waals surface area contributed by atoms with Crippen molar-refractivity contribution in [3.63, 3.8) is 0 Å². The molecule has 4 rings (SSSR count). The Labute approximate surface area is 172 Å². The topological polar surface area (TPSA) is 72.0 Å². The molecule has 0 spiro atoms. The molecule has 3 heterocycles. The van der Waals surface area contributed by atoms with E-state index in [2.05, 4.69) is 9.88 Å². The van der Waals surface area contributed by atoms with Crippen LogP contribution in [0.2, 0.25) is 0 Å². The smallest absolute Gasteiger partial charge is 0.314 e. The van der Waals surface area contributed by atoms with Gasteiger partial charge in [0.2, 0.25) is 0 Å². The number of rotatable bonds is 4. The molecule has 0 radical (unpaired) electrons. The third kappa shape index (κ3) is 4.03. The fourth-order valence-electron chi connectivity index (χ4n) is 5.37. The Balaban J connectivity index is 1.53. The van der Waals surface area contributed by atoms with E-state index in [1.54, 1.807) is 24.5 Å². The fraction of sp³-hybridized carbons (Fsp3) is 0.682. The summed E-state index contributed by atoms with van der Waals surface area (Å²) in [4.78, 5) is 34.5. The molecule has 0 bridgehead atoms. The summed E-state index contributed by atoms with van der Waals surface area (Å²) in [6.07, 6.45) is 6.85. The fourth-order valence-corrected chi connectivity index (χ4v) is 5.37. The number of likely N-dealkylation sites (tertiary alicyclic amines) is 1. The molecule has 2 aliphatic heterocycles. The van der Waals surface area contributed by atoms with Crippen LogP contribution in [0.3, 0.4) is 0 Å². The zero-order chi connectivity index (χ0) is 20.3. The van der Waals surface area contributed by atoms with Crippen molar-refractivity contribution in [1.29, 1.82) is 0 Å². The Morgan fingerprint density at radius 1 is 1.21 bits per heavy atom. The molecule has 0 N–H and O–H groups in total. The first-order chi connectivity index (χ1) is 14.1. The van der Waals surface area contributed by atoms with E-state index in [1.807, 2.05) is 11.8 Å². The highest BCUT2D eigenvalue weighted by molar-refractivity contribution is 5.94. The number of piperidine rings is 1. The molecular formula is C22H31N3O4. The summed E-state index contributed by atoms with van der Waals surface area (Å²) in [5, 5.41) is 0. The van der Waals surface area contributed by atoms with Gasteiger partial charge in [-0.05, 0) is 50.7 Å². The van der Waals surface area contributed by atoms with Crippen LogP contribution in [0.1, 0.15) is 43.0 Å². The van der Waals surface area contributed by atoms with E-state index in [0.717, 1.165) is 52.0 Å². The van der Waals surface area contributed by atoms with Crippen LogP contribution in [0, 0.1) is 11.3 Å². The summed E-state index contributed by atoms with van der Waals surface area (Å²) in [5.74, 6) is 0.104. The molecule has 7 nitrogen and oxygen atoms in total. The average Bonchev–Trinajstić information content (AvgIpc) is 2.79. The van der Waals surface area contributed by atoms with Gasteiger partial charge in [-0.15, -0.1) is 0 Å². The number of amides is 1. The number of carbonyl (C=O) groups is 2. The Kier molecular flexibility index (Phi) is 6.15. The number of pyridine rings is 1. The van der Waals surface area contributed by atoms with Gasteiger partial charge in [0.05, 0.1) is 25.2 Å². The van der Waals surface area contributed by atoms with Gasteiger partial charge in [0, 0.05) is 50.2 Å². The molecule has 1 amide bonds. The van der Waals surface area contributed by atoms with Crippen molar-refractivity contribution < 1.29 is 19.1 Å². The molecule has 29 heavy (non-hydrogen) atoms. The van der Waals surface area contributed by atoms with Crippen LogP contribution in [-0.4, -0.2) is 78.7 Å². The average molecular weight is 402 g/mol. The molecule has 0 aromatic carbocycles. The third-order valence-corrected chi connectivity index (χ3v) is 6.94. The standard InChI is InChI=1S/C22H31N3O4/c1-2-29-21(27)22-7-3-19(24-11-13-28-14-12-24)15-18(22)6-10-25(16-22)20(26)17-4-8-23-9-5-17/h4-5,8-9,18-19H,2-3,6-7,10-16H2,1H3/t18-,19-,22-/m1/s1. The van der Waals surface area contributed by atoms with Crippen LogP contribution >= 0.6 is 0 Å². The van der Waals surface area contributed by atoms with E-state index in [1.165, 1.54) is 0 Å². The molecule has 7 heteroatoms. The summed E-state index contributed by atoms with van der Waals surface area (Å²) < 4.78 is 11.0. The van der Waals surface area contributed by atoms with Gasteiger partial charge in [-0.3, -0.25) is 19.5 Å². The maximum atomic E-state index is 13.1. The molecule has 1 aromatic rings. The molecular weight excluding hydrogens is 370 g/mol. The molecule has 1 aliphatic carbocycles. The van der Waals surface area contributed by atoms with E-state index < -0.39 is 5.41 Å². The van der Waals surface area contributed by atoms with Crippen molar-refractivity contribution in [3.05, 3.63) is 30.1 Å². The van der Waals surface area contributed by atoms with Crippen molar-refractivity contribution in [2.24, 2.45) is 11.3 Å². The monoisotopic (exact) mass is 401 g/mol. The predicted molar refractivity (Wildman–Crippen MR) is 107 cm³/mol. The molecule has 3 atom stereocenters. The van der Waals surface area contributed by atoms with E-state index in [-0.39, 0.29) is 17.8 Å². The zero-order valence-corrected chi connectivity index (χ0v) is 17.2. The first kappa shape index (κ1) is 20.3. The molecule has 2 saturated heterocycles. The summed E-state index contributed by atoms with van der Waals surface area (Å²) in [6.45, 7) is 6.88. The molecule has 1 saturated carbocycles. The maximum absolute atomic E-state index is 13.1. The molecule has 3 aliphatic rings. The lowest BCUT2D eigenvalue weighted by Crippen LogP contribution is -2.59. The number of hydrogen-bond acceptors (Lipinski definition) is 6. The van der Waals surface area contributed by atoms with Gasteiger partial charge >= 0.3 is 5.97 Å². The lowest BCUT2D eigenvalue weighted by molar-refractivity contribution is -0.168. The van der Waals surface area contributed by atoms with Gasteiger partial charge in [-0.25, -0.2) is 0 Å². The first-order valence-electron chi connectivity index (χ1n) is 10.8. The highest BCUT2D eigenvalue weighted by Crippen LogP contribution is 2.48. The van der Waals surface area contributed by atoms with Crippen LogP contribution in [0.4, 0.5) is 0 Å². The second-order valence-corrected chi connectivity index (χ2v) is 8.40. The lowest BCUT2D eigenvalue weighted by Gasteiger charge is -2.52. The van der Waals surface area contributed by atoms with Crippen molar-refractivity contribution >= 4 is 11.9 Å². The molecule has 158 valence electrons. The van der Waals surface area contributed by atoms with E-state index in [9.17, 15) is 9.59 Å². The second kappa shape index (κ2) is 8.79. The van der Waals surface area contributed by atoms with Crippen molar-refractivity contribution in [2.75, 3.05) is 46.0 Å². The summed E-state index contributed by atoms with van der Waals surface area (Å²) >= 11 is 0. The lowest BCUT2D eigenvalue weighted by atomic mass is 9.61. The molecule has 1 aromatic heterocycles. The number of carbonyl (C=O) groups excluding carboxylic acids is 2. The number of nitrogens with zero attached hydrogens (tertiary/aromatic N) is 3. The van der Waals surface area contributed by atoms with E-state index in [0.29, 0.717) is 31.3 Å². The van der Waals surface area contributed by atoms with E-state index in [4.69, 9.17) is 9.47 Å². The molecule has 3 fully saturated rings. The Hall–Kier alpha value is -1.99. The van der Waals surface area contributed by atoms with Gasteiger partial charge in [-0.2, -0.15) is 0 Å². The minimum absolute atomic E-state index is 0.0233. The van der Waals surface area contributed by atoms with Crippen LogP contribution in [0.15, 0.2) is 24.5 Å². The van der Waals surface area contributed by atoms with Crippen LogP contribution in [0.25, 0.3) is 0 Å². The quantitative estimate of drug-likeness (QED) is 0.719. The molecule has 0 unspecified atom stereocenters.